The molecule has 8 heteroatoms. The second kappa shape index (κ2) is 8.09. The quantitative estimate of drug-likeness (QED) is 0.901. The molecule has 3 rings (SSSR count). The van der Waals surface area contributed by atoms with Crippen LogP contribution in [0.15, 0.2) is 34.9 Å². The van der Waals surface area contributed by atoms with Gasteiger partial charge < -0.3 is 9.42 Å². The summed E-state index contributed by atoms with van der Waals surface area (Å²) in [6, 6.07) is 7.36. The molecule has 138 valence electrons. The first-order chi connectivity index (χ1) is 12.5. The first kappa shape index (κ1) is 18.1. The number of aryl methyl sites for hydroxylation is 1. The van der Waals surface area contributed by atoms with Gasteiger partial charge in [0, 0.05) is 37.8 Å². The molecule has 0 saturated carbocycles. The largest absolute Gasteiger partial charge is 0.338 e. The lowest BCUT2D eigenvalue weighted by Gasteiger charge is -2.21. The molecule has 0 unspecified atom stereocenters. The molecule has 0 aliphatic carbocycles. The fraction of sp³-hybridized carbons (Fsp3) is 0.389. The number of carbonyl (C=O) groups excluding carboxylic acids is 2. The number of hydrogen-bond donors (Lipinski definition) is 1. The molecular formula is C18H21FN4O3. The molecule has 0 radical (unpaired) electrons. The minimum absolute atomic E-state index is 0.187. The second-order valence-corrected chi connectivity index (χ2v) is 6.31. The fourth-order valence-corrected chi connectivity index (χ4v) is 2.94. The van der Waals surface area contributed by atoms with E-state index in [2.05, 4.69) is 10.5 Å². The van der Waals surface area contributed by atoms with E-state index in [-0.39, 0.29) is 18.4 Å². The molecule has 0 atom stereocenters. The predicted octanol–water partition coefficient (Wildman–Crippen LogP) is 1.91. The number of nitrogens with zero attached hydrogens (tertiary/aromatic N) is 3. The Labute approximate surface area is 150 Å². The normalized spacial score (nSPS) is 15.5. The van der Waals surface area contributed by atoms with Gasteiger partial charge in [0.05, 0.1) is 12.2 Å². The zero-order chi connectivity index (χ0) is 18.5. The third-order valence-corrected chi connectivity index (χ3v) is 4.21. The monoisotopic (exact) mass is 360 g/mol. The first-order valence-electron chi connectivity index (χ1n) is 8.51. The number of nitrogens with one attached hydrogen (secondary N) is 1. The van der Waals surface area contributed by atoms with Crippen molar-refractivity contribution in [2.24, 2.45) is 0 Å². The van der Waals surface area contributed by atoms with Crippen LogP contribution in [-0.4, -0.2) is 59.5 Å². The second-order valence-electron chi connectivity index (χ2n) is 6.31. The third-order valence-electron chi connectivity index (χ3n) is 4.21. The van der Waals surface area contributed by atoms with Gasteiger partial charge in [-0.05, 0) is 31.5 Å². The number of halogens is 1. The lowest BCUT2D eigenvalue weighted by atomic mass is 10.2. The SMILES string of the molecule is Cc1cc(NC(=O)CN2CCCN(C(=O)c3cccc(F)c3)CC2)on1. The predicted molar refractivity (Wildman–Crippen MR) is 93.2 cm³/mol. The van der Waals surface area contributed by atoms with Crippen LogP contribution in [0, 0.1) is 12.7 Å². The molecule has 2 heterocycles. The van der Waals surface area contributed by atoms with E-state index in [0.29, 0.717) is 43.3 Å². The molecule has 1 aliphatic heterocycles. The maximum atomic E-state index is 13.3. The van der Waals surface area contributed by atoms with Crippen molar-refractivity contribution >= 4 is 17.7 Å². The van der Waals surface area contributed by atoms with Gasteiger partial charge in [0.15, 0.2) is 0 Å². The number of anilines is 1. The Morgan fingerprint density at radius 3 is 2.81 bits per heavy atom. The van der Waals surface area contributed by atoms with E-state index >= 15 is 0 Å². The van der Waals surface area contributed by atoms with Crippen LogP contribution >= 0.6 is 0 Å². The summed E-state index contributed by atoms with van der Waals surface area (Å²) in [5, 5.41) is 6.39. The Hall–Kier alpha value is -2.74. The molecule has 2 aromatic rings. The van der Waals surface area contributed by atoms with E-state index < -0.39 is 5.82 Å². The van der Waals surface area contributed by atoms with Crippen LogP contribution in [0.3, 0.4) is 0 Å². The van der Waals surface area contributed by atoms with Crippen LogP contribution in [0.25, 0.3) is 0 Å². The van der Waals surface area contributed by atoms with E-state index in [1.165, 1.54) is 18.2 Å². The van der Waals surface area contributed by atoms with Crippen LogP contribution in [0.4, 0.5) is 10.3 Å². The minimum atomic E-state index is -0.424. The zero-order valence-corrected chi connectivity index (χ0v) is 14.6. The maximum absolute atomic E-state index is 13.3. The van der Waals surface area contributed by atoms with Crippen molar-refractivity contribution in [3.05, 3.63) is 47.4 Å². The molecule has 26 heavy (non-hydrogen) atoms. The summed E-state index contributed by atoms with van der Waals surface area (Å²) in [5.41, 5.74) is 1.04. The number of rotatable bonds is 4. The molecular weight excluding hydrogens is 339 g/mol. The standard InChI is InChI=1S/C18H21FN4O3/c1-13-10-17(26-21-13)20-16(24)12-22-6-3-7-23(9-8-22)18(25)14-4-2-5-15(19)11-14/h2,4-5,10-11H,3,6-9,12H2,1H3,(H,20,24). The minimum Gasteiger partial charge on any atom is -0.338 e. The van der Waals surface area contributed by atoms with Crippen molar-refractivity contribution in [1.29, 1.82) is 0 Å². The average molecular weight is 360 g/mol. The van der Waals surface area contributed by atoms with E-state index in [1.54, 1.807) is 24.0 Å². The van der Waals surface area contributed by atoms with Gasteiger partial charge in [-0.3, -0.25) is 19.8 Å². The summed E-state index contributed by atoms with van der Waals surface area (Å²) in [5.74, 6) is -0.476. The molecule has 1 aromatic heterocycles. The molecule has 1 aliphatic rings. The smallest absolute Gasteiger partial charge is 0.254 e. The van der Waals surface area contributed by atoms with Gasteiger partial charge in [-0.2, -0.15) is 0 Å². The highest BCUT2D eigenvalue weighted by molar-refractivity contribution is 5.94. The topological polar surface area (TPSA) is 78.7 Å². The van der Waals surface area contributed by atoms with Crippen LogP contribution in [0.1, 0.15) is 22.5 Å². The average Bonchev–Trinajstić information content (AvgIpc) is 2.87. The number of benzene rings is 1. The number of hydrogen-bond acceptors (Lipinski definition) is 5. The van der Waals surface area contributed by atoms with E-state index in [4.69, 9.17) is 4.52 Å². The summed E-state index contributed by atoms with van der Waals surface area (Å²) in [7, 11) is 0. The van der Waals surface area contributed by atoms with Crippen LogP contribution in [-0.2, 0) is 4.79 Å². The molecule has 1 aromatic carbocycles. The summed E-state index contributed by atoms with van der Waals surface area (Å²) in [6.07, 6.45) is 0.746. The lowest BCUT2D eigenvalue weighted by molar-refractivity contribution is -0.117. The fourth-order valence-electron chi connectivity index (χ4n) is 2.94. The van der Waals surface area contributed by atoms with Gasteiger partial charge in [-0.15, -0.1) is 0 Å². The van der Waals surface area contributed by atoms with Crippen LogP contribution < -0.4 is 5.32 Å². The van der Waals surface area contributed by atoms with Gasteiger partial charge in [0.2, 0.25) is 11.8 Å². The molecule has 2 amide bonds. The van der Waals surface area contributed by atoms with E-state index in [1.807, 2.05) is 4.90 Å². The van der Waals surface area contributed by atoms with Crippen molar-refractivity contribution in [3.63, 3.8) is 0 Å². The Morgan fingerprint density at radius 2 is 2.08 bits per heavy atom. The van der Waals surface area contributed by atoms with E-state index in [0.717, 1.165) is 6.42 Å². The zero-order valence-electron chi connectivity index (χ0n) is 14.6. The van der Waals surface area contributed by atoms with Gasteiger partial charge in [0.25, 0.3) is 5.91 Å². The highest BCUT2D eigenvalue weighted by Gasteiger charge is 2.22. The van der Waals surface area contributed by atoms with Crippen LogP contribution in [0.2, 0.25) is 0 Å². The summed E-state index contributed by atoms with van der Waals surface area (Å²) in [4.78, 5) is 28.3. The summed E-state index contributed by atoms with van der Waals surface area (Å²) < 4.78 is 18.3. The first-order valence-corrected chi connectivity index (χ1v) is 8.51. The lowest BCUT2D eigenvalue weighted by Crippen LogP contribution is -2.38. The van der Waals surface area contributed by atoms with Crippen molar-refractivity contribution in [2.45, 2.75) is 13.3 Å². The molecule has 1 saturated heterocycles. The molecule has 7 nitrogen and oxygen atoms in total. The maximum Gasteiger partial charge on any atom is 0.254 e. The number of carbonyl (C=O) groups is 2. The highest BCUT2D eigenvalue weighted by Crippen LogP contribution is 2.12. The Balaban J connectivity index is 1.53. The van der Waals surface area contributed by atoms with Crippen LogP contribution in [0.5, 0.6) is 0 Å². The number of aromatic nitrogens is 1. The van der Waals surface area contributed by atoms with Crippen molar-refractivity contribution < 1.29 is 18.5 Å². The van der Waals surface area contributed by atoms with Crippen molar-refractivity contribution in [1.82, 2.24) is 15.0 Å². The van der Waals surface area contributed by atoms with Gasteiger partial charge in [0.1, 0.15) is 5.82 Å². The third kappa shape index (κ3) is 4.66. The molecule has 0 spiro atoms. The Kier molecular flexibility index (Phi) is 5.62. The van der Waals surface area contributed by atoms with Gasteiger partial charge in [-0.1, -0.05) is 11.2 Å². The number of amides is 2. The Morgan fingerprint density at radius 1 is 1.23 bits per heavy atom. The van der Waals surface area contributed by atoms with E-state index in [9.17, 15) is 14.0 Å². The molecule has 1 N–H and O–H groups in total. The highest BCUT2D eigenvalue weighted by atomic mass is 19.1. The summed E-state index contributed by atoms with van der Waals surface area (Å²) in [6.45, 7) is 4.33. The van der Waals surface area contributed by atoms with Crippen molar-refractivity contribution in [2.75, 3.05) is 38.0 Å². The molecule has 0 bridgehead atoms. The molecule has 1 fully saturated rings. The van der Waals surface area contributed by atoms with Crippen molar-refractivity contribution in [3.8, 4) is 0 Å². The van der Waals surface area contributed by atoms with Gasteiger partial charge in [-0.25, -0.2) is 4.39 Å². The summed E-state index contributed by atoms with van der Waals surface area (Å²) >= 11 is 0. The Bertz CT molecular complexity index is 792. The van der Waals surface area contributed by atoms with Gasteiger partial charge >= 0.3 is 0 Å².